The first kappa shape index (κ1) is 37.3. The molecule has 0 radical (unpaired) electrons. The summed E-state index contributed by atoms with van der Waals surface area (Å²) >= 11 is 0. The van der Waals surface area contributed by atoms with E-state index in [0.717, 1.165) is 76.1 Å². The molecule has 0 spiro atoms. The molecule has 0 aromatic heterocycles. The number of anilines is 10. The first-order valence-corrected chi connectivity index (χ1v) is 20.6. The van der Waals surface area contributed by atoms with Gasteiger partial charge in [0, 0.05) is 74.2 Å². The van der Waals surface area contributed by atoms with E-state index in [2.05, 4.69) is 257 Å². The predicted molar refractivity (Wildman–Crippen MR) is 250 cm³/mol. The summed E-state index contributed by atoms with van der Waals surface area (Å²) in [5.41, 5.74) is 13.7. The minimum Gasteiger partial charge on any atom is -0.314 e. The van der Waals surface area contributed by atoms with Crippen LogP contribution >= 0.6 is 0 Å². The maximum atomic E-state index is 2.40. The Morgan fingerprint density at radius 3 is 1.03 bits per heavy atom. The third kappa shape index (κ3) is 8.12. The molecule has 0 amide bonds. The Labute approximate surface area is 349 Å². The molecule has 4 heteroatoms. The number of allylic oxidation sites excluding steroid dienone is 8. The fourth-order valence-corrected chi connectivity index (χ4v) is 8.19. The number of rotatable bonds is 12. The van der Waals surface area contributed by atoms with Crippen LogP contribution in [-0.2, 0) is 0 Å². The van der Waals surface area contributed by atoms with Crippen molar-refractivity contribution in [1.82, 2.24) is 0 Å². The Balaban J connectivity index is 1.12. The number of benzene rings is 7. The molecule has 4 nitrogen and oxygen atoms in total. The van der Waals surface area contributed by atoms with Gasteiger partial charge in [0.1, 0.15) is 0 Å². The van der Waals surface area contributed by atoms with Crippen LogP contribution in [0, 0.1) is 5.92 Å². The lowest BCUT2D eigenvalue weighted by molar-refractivity contribution is 0.670. The van der Waals surface area contributed by atoms with Crippen LogP contribution in [0.2, 0.25) is 0 Å². The molecule has 0 saturated heterocycles. The molecule has 2 aliphatic rings. The maximum Gasteiger partial charge on any atom is 0.0463 e. The molecule has 1 unspecified atom stereocenters. The van der Waals surface area contributed by atoms with Crippen molar-refractivity contribution in [2.75, 3.05) is 19.6 Å². The summed E-state index contributed by atoms with van der Waals surface area (Å²) in [6.45, 7) is 2.31. The molecule has 0 fully saturated rings. The number of para-hydroxylation sites is 4. The van der Waals surface area contributed by atoms with Gasteiger partial charge in [0.15, 0.2) is 0 Å². The Bertz CT molecular complexity index is 2520. The summed E-state index contributed by atoms with van der Waals surface area (Å²) in [5.74, 6) is 0.399. The SMILES string of the molecule is CC1CC=CC=C1N(c1ccccc1)c1ccc(N(c2ccc(N(C3=CC=CCC3)c3ccccc3)cc2)c2ccc(N(c3ccccc3)c3ccccc3)cc2)cc1. The minimum absolute atomic E-state index is 0.399. The second kappa shape index (κ2) is 17.5. The van der Waals surface area contributed by atoms with Crippen molar-refractivity contribution in [1.29, 1.82) is 0 Å². The molecular formula is C55H48N4. The molecule has 0 bridgehead atoms. The molecule has 0 N–H and O–H groups in total. The molecule has 0 saturated carbocycles. The van der Waals surface area contributed by atoms with Gasteiger partial charge in [-0.15, -0.1) is 0 Å². The highest BCUT2D eigenvalue weighted by molar-refractivity contribution is 5.83. The average molecular weight is 765 g/mol. The highest BCUT2D eigenvalue weighted by atomic mass is 15.2. The first-order valence-electron chi connectivity index (χ1n) is 20.6. The van der Waals surface area contributed by atoms with Gasteiger partial charge in [-0.2, -0.15) is 0 Å². The molecule has 1 atom stereocenters. The first-order chi connectivity index (χ1) is 29.2. The zero-order valence-electron chi connectivity index (χ0n) is 33.4. The topological polar surface area (TPSA) is 13.0 Å². The number of hydrogen-bond donors (Lipinski definition) is 0. The van der Waals surface area contributed by atoms with Crippen molar-refractivity contribution in [3.8, 4) is 0 Å². The average Bonchev–Trinajstić information content (AvgIpc) is 3.31. The summed E-state index contributed by atoms with van der Waals surface area (Å²) < 4.78 is 0. The smallest absolute Gasteiger partial charge is 0.0463 e. The number of hydrogen-bond acceptors (Lipinski definition) is 4. The standard InChI is InChI=1S/C55H48N4/c1-43-19-17-18-30-55(43)59(48-28-15-6-16-29-48)54-41-39-53(40-42-54)58(51-35-31-49(32-36-51)56(44-20-7-2-8-21-44)45-22-9-3-10-23-45)52-37-33-50(34-38-52)57(46-24-11-4-12-25-46)47-26-13-5-14-27-47/h2-13,15-18,20-26,28-43H,14,19,27H2,1H3. The van der Waals surface area contributed by atoms with Crippen molar-refractivity contribution in [3.63, 3.8) is 0 Å². The van der Waals surface area contributed by atoms with Crippen molar-refractivity contribution in [3.05, 3.63) is 242 Å². The van der Waals surface area contributed by atoms with Crippen molar-refractivity contribution >= 4 is 56.9 Å². The van der Waals surface area contributed by atoms with E-state index in [1.165, 1.54) is 11.4 Å². The molecule has 7 aromatic carbocycles. The van der Waals surface area contributed by atoms with Crippen LogP contribution in [0.15, 0.2) is 242 Å². The largest absolute Gasteiger partial charge is 0.314 e. The van der Waals surface area contributed by atoms with E-state index in [0.29, 0.717) is 5.92 Å². The van der Waals surface area contributed by atoms with Gasteiger partial charge in [0.05, 0.1) is 0 Å². The molecule has 0 aliphatic heterocycles. The third-order valence-corrected chi connectivity index (χ3v) is 11.1. The fraction of sp³-hybridized carbons (Fsp3) is 0.0909. The Morgan fingerprint density at radius 1 is 0.339 bits per heavy atom. The Hall–Kier alpha value is -7.30. The molecule has 0 heterocycles. The van der Waals surface area contributed by atoms with E-state index < -0.39 is 0 Å². The van der Waals surface area contributed by atoms with Crippen molar-refractivity contribution in [2.45, 2.75) is 26.2 Å². The zero-order valence-corrected chi connectivity index (χ0v) is 33.4. The number of nitrogens with zero attached hydrogens (tertiary/aromatic N) is 4. The fourth-order valence-electron chi connectivity index (χ4n) is 8.19. The van der Waals surface area contributed by atoms with Crippen LogP contribution in [0.5, 0.6) is 0 Å². The van der Waals surface area contributed by atoms with Gasteiger partial charge in [0.2, 0.25) is 0 Å². The van der Waals surface area contributed by atoms with E-state index in [1.54, 1.807) is 0 Å². The minimum atomic E-state index is 0.399. The summed E-state index contributed by atoms with van der Waals surface area (Å²) in [6, 6.07) is 69.5. The van der Waals surface area contributed by atoms with Gasteiger partial charge in [-0.1, -0.05) is 104 Å². The van der Waals surface area contributed by atoms with Gasteiger partial charge in [-0.05, 0) is 153 Å². The van der Waals surface area contributed by atoms with E-state index in [4.69, 9.17) is 0 Å². The van der Waals surface area contributed by atoms with Gasteiger partial charge >= 0.3 is 0 Å². The maximum absolute atomic E-state index is 2.40. The van der Waals surface area contributed by atoms with Crippen LogP contribution < -0.4 is 19.6 Å². The second-order valence-electron chi connectivity index (χ2n) is 15.0. The van der Waals surface area contributed by atoms with Crippen LogP contribution in [0.1, 0.15) is 26.2 Å². The Morgan fingerprint density at radius 2 is 0.661 bits per heavy atom. The monoisotopic (exact) mass is 764 g/mol. The van der Waals surface area contributed by atoms with E-state index in [9.17, 15) is 0 Å². The van der Waals surface area contributed by atoms with Crippen LogP contribution in [0.25, 0.3) is 0 Å². The van der Waals surface area contributed by atoms with Gasteiger partial charge in [0.25, 0.3) is 0 Å². The summed E-state index contributed by atoms with van der Waals surface area (Å²) in [7, 11) is 0. The van der Waals surface area contributed by atoms with Gasteiger partial charge in [-0.25, -0.2) is 0 Å². The highest BCUT2D eigenvalue weighted by Gasteiger charge is 2.23. The summed E-state index contributed by atoms with van der Waals surface area (Å²) in [4.78, 5) is 9.46. The molecule has 59 heavy (non-hydrogen) atoms. The molecular weight excluding hydrogens is 717 g/mol. The van der Waals surface area contributed by atoms with Crippen molar-refractivity contribution in [2.24, 2.45) is 5.92 Å². The summed E-state index contributed by atoms with van der Waals surface area (Å²) in [6.07, 6.45) is 16.4. The molecule has 288 valence electrons. The zero-order chi connectivity index (χ0) is 39.8. The quantitative estimate of drug-likeness (QED) is 0.123. The molecule has 9 rings (SSSR count). The summed E-state index contributed by atoms with van der Waals surface area (Å²) in [5, 5.41) is 0. The van der Waals surface area contributed by atoms with Crippen molar-refractivity contribution < 1.29 is 0 Å². The third-order valence-electron chi connectivity index (χ3n) is 11.1. The predicted octanol–water partition coefficient (Wildman–Crippen LogP) is 15.6. The molecule has 2 aliphatic carbocycles. The lowest BCUT2D eigenvalue weighted by Crippen LogP contribution is -2.22. The van der Waals surface area contributed by atoms with Gasteiger partial charge < -0.3 is 19.6 Å². The van der Waals surface area contributed by atoms with E-state index >= 15 is 0 Å². The lowest BCUT2D eigenvalue weighted by atomic mass is 9.96. The van der Waals surface area contributed by atoms with Gasteiger partial charge in [-0.3, -0.25) is 0 Å². The molecule has 7 aromatic rings. The Kier molecular flexibility index (Phi) is 11.0. The second-order valence-corrected chi connectivity index (χ2v) is 15.0. The van der Waals surface area contributed by atoms with E-state index in [-0.39, 0.29) is 0 Å². The van der Waals surface area contributed by atoms with Crippen LogP contribution in [-0.4, -0.2) is 0 Å². The van der Waals surface area contributed by atoms with Crippen LogP contribution in [0.3, 0.4) is 0 Å². The van der Waals surface area contributed by atoms with E-state index in [1.807, 2.05) is 0 Å². The highest BCUT2D eigenvalue weighted by Crippen LogP contribution is 2.42. The van der Waals surface area contributed by atoms with Crippen LogP contribution in [0.4, 0.5) is 56.9 Å². The normalized spacial score (nSPS) is 14.6. The lowest BCUT2D eigenvalue weighted by Gasteiger charge is -2.33.